The lowest BCUT2D eigenvalue weighted by Crippen LogP contribution is -2.38. The fourth-order valence-electron chi connectivity index (χ4n) is 2.68. The molecule has 0 aliphatic heterocycles. The molecule has 0 saturated heterocycles. The van der Waals surface area contributed by atoms with Crippen LogP contribution in [0.15, 0.2) is 12.1 Å². The first-order valence-corrected chi connectivity index (χ1v) is 5.90. The summed E-state index contributed by atoms with van der Waals surface area (Å²) in [7, 11) is 0. The van der Waals surface area contributed by atoms with Crippen molar-refractivity contribution in [1.82, 2.24) is 0 Å². The van der Waals surface area contributed by atoms with E-state index in [0.717, 1.165) is 12.5 Å². The lowest BCUT2D eigenvalue weighted by atomic mass is 9.69. The summed E-state index contributed by atoms with van der Waals surface area (Å²) in [4.78, 5) is 11.5. The number of phenols is 1. The van der Waals surface area contributed by atoms with E-state index in [1.807, 2.05) is 0 Å². The van der Waals surface area contributed by atoms with Crippen LogP contribution >= 0.6 is 0 Å². The fraction of sp³-hybridized carbons (Fsp3) is 0.462. The third-order valence-corrected chi connectivity index (χ3v) is 3.70. The van der Waals surface area contributed by atoms with Gasteiger partial charge >= 0.3 is 5.97 Å². The summed E-state index contributed by atoms with van der Waals surface area (Å²) in [5, 5.41) is 19.1. The summed E-state index contributed by atoms with van der Waals surface area (Å²) in [5.41, 5.74) is -1.31. The van der Waals surface area contributed by atoms with Gasteiger partial charge in [-0.05, 0) is 18.9 Å². The number of carboxylic acid groups (broad SMARTS) is 1. The summed E-state index contributed by atoms with van der Waals surface area (Å²) in [5.74, 6) is -4.52. The van der Waals surface area contributed by atoms with Gasteiger partial charge in [0.2, 0.25) is 5.82 Å². The van der Waals surface area contributed by atoms with Crippen molar-refractivity contribution in [1.29, 1.82) is 0 Å². The third kappa shape index (κ3) is 1.83. The Morgan fingerprint density at radius 2 is 1.78 bits per heavy atom. The Bertz CT molecular complexity index is 479. The van der Waals surface area contributed by atoms with Gasteiger partial charge in [-0.2, -0.15) is 4.39 Å². The molecular weight excluding hydrogens is 242 g/mol. The molecule has 1 aliphatic carbocycles. The van der Waals surface area contributed by atoms with Gasteiger partial charge in [-0.15, -0.1) is 0 Å². The minimum Gasteiger partial charge on any atom is -0.505 e. The average molecular weight is 256 g/mol. The maximum Gasteiger partial charge on any atom is 0.314 e. The van der Waals surface area contributed by atoms with Crippen molar-refractivity contribution in [2.75, 3.05) is 0 Å². The minimum atomic E-state index is -1.38. The zero-order valence-electron chi connectivity index (χ0n) is 9.75. The molecule has 0 spiro atoms. The Balaban J connectivity index is 2.56. The zero-order valence-corrected chi connectivity index (χ0v) is 9.75. The summed E-state index contributed by atoms with van der Waals surface area (Å²) >= 11 is 0. The topological polar surface area (TPSA) is 57.5 Å². The highest BCUT2D eigenvalue weighted by molar-refractivity contribution is 5.82. The molecule has 1 fully saturated rings. The van der Waals surface area contributed by atoms with Gasteiger partial charge in [0.05, 0.1) is 5.41 Å². The first kappa shape index (κ1) is 12.8. The van der Waals surface area contributed by atoms with Gasteiger partial charge in [0.15, 0.2) is 11.6 Å². The number of phenolic OH excluding ortho intramolecular Hbond substituents is 1. The summed E-state index contributed by atoms with van der Waals surface area (Å²) < 4.78 is 26.3. The van der Waals surface area contributed by atoms with Crippen molar-refractivity contribution in [2.45, 2.75) is 37.5 Å². The standard InChI is InChI=1S/C13H14F2O3/c14-9-5-4-8(11(16)10(9)15)13(12(17)18)6-2-1-3-7-13/h4-5,16H,1-3,6-7H2,(H,17,18). The quantitative estimate of drug-likeness (QED) is 0.855. The second-order valence-corrected chi connectivity index (χ2v) is 4.71. The molecule has 1 aromatic rings. The lowest BCUT2D eigenvalue weighted by Gasteiger charge is -2.34. The monoisotopic (exact) mass is 256 g/mol. The van der Waals surface area contributed by atoms with Crippen molar-refractivity contribution in [2.24, 2.45) is 0 Å². The second kappa shape index (κ2) is 4.55. The number of aliphatic carboxylic acids is 1. The maximum absolute atomic E-state index is 13.4. The Hall–Kier alpha value is -1.65. The predicted octanol–water partition coefficient (Wildman–Crippen LogP) is 2.96. The smallest absolute Gasteiger partial charge is 0.314 e. The van der Waals surface area contributed by atoms with Crippen LogP contribution < -0.4 is 0 Å². The molecular formula is C13H14F2O3. The number of hydrogen-bond acceptors (Lipinski definition) is 2. The summed E-state index contributed by atoms with van der Waals surface area (Å²) in [6.45, 7) is 0. The SMILES string of the molecule is O=C(O)C1(c2ccc(F)c(F)c2O)CCCCC1. The molecule has 0 unspecified atom stereocenters. The van der Waals surface area contributed by atoms with Crippen LogP contribution in [0.2, 0.25) is 0 Å². The van der Waals surface area contributed by atoms with Gasteiger partial charge in [0, 0.05) is 5.56 Å². The molecule has 5 heteroatoms. The van der Waals surface area contributed by atoms with Crippen LogP contribution in [0.25, 0.3) is 0 Å². The molecule has 2 N–H and O–H groups in total. The average Bonchev–Trinajstić information content (AvgIpc) is 2.37. The third-order valence-electron chi connectivity index (χ3n) is 3.70. The van der Waals surface area contributed by atoms with Crippen LogP contribution in [0.3, 0.4) is 0 Å². The minimum absolute atomic E-state index is 0.0198. The van der Waals surface area contributed by atoms with Crippen LogP contribution in [-0.2, 0) is 10.2 Å². The number of aromatic hydroxyl groups is 1. The Morgan fingerprint density at radius 3 is 2.33 bits per heavy atom. The fourth-order valence-corrected chi connectivity index (χ4v) is 2.68. The van der Waals surface area contributed by atoms with Gasteiger partial charge in [-0.3, -0.25) is 4.79 Å². The van der Waals surface area contributed by atoms with Crippen LogP contribution in [0.1, 0.15) is 37.7 Å². The number of hydrogen-bond donors (Lipinski definition) is 2. The number of carbonyl (C=O) groups is 1. The van der Waals surface area contributed by atoms with Gasteiger partial charge < -0.3 is 10.2 Å². The molecule has 98 valence electrons. The number of rotatable bonds is 2. The van der Waals surface area contributed by atoms with E-state index >= 15 is 0 Å². The Labute approximate surface area is 103 Å². The van der Waals surface area contributed by atoms with Crippen molar-refractivity contribution >= 4 is 5.97 Å². The van der Waals surface area contributed by atoms with Gasteiger partial charge in [-0.25, -0.2) is 4.39 Å². The second-order valence-electron chi connectivity index (χ2n) is 4.71. The Kier molecular flexibility index (Phi) is 3.24. The molecule has 0 bridgehead atoms. The lowest BCUT2D eigenvalue weighted by molar-refractivity contribution is -0.145. The Morgan fingerprint density at radius 1 is 1.17 bits per heavy atom. The van der Waals surface area contributed by atoms with Gasteiger partial charge in [0.1, 0.15) is 0 Å². The molecule has 3 nitrogen and oxygen atoms in total. The van der Waals surface area contributed by atoms with E-state index in [1.165, 1.54) is 6.07 Å². The van der Waals surface area contributed by atoms with Crippen LogP contribution in [-0.4, -0.2) is 16.2 Å². The van der Waals surface area contributed by atoms with E-state index in [1.54, 1.807) is 0 Å². The summed E-state index contributed by atoms with van der Waals surface area (Å²) in [6, 6.07) is 2.04. The predicted molar refractivity (Wildman–Crippen MR) is 60.4 cm³/mol. The van der Waals surface area contributed by atoms with Crippen molar-refractivity contribution in [3.8, 4) is 5.75 Å². The normalized spacial score (nSPS) is 18.6. The maximum atomic E-state index is 13.4. The van der Waals surface area contributed by atoms with Gasteiger partial charge in [0.25, 0.3) is 0 Å². The van der Waals surface area contributed by atoms with E-state index < -0.39 is 28.8 Å². The molecule has 1 aliphatic rings. The van der Waals surface area contributed by atoms with Crippen molar-refractivity contribution in [3.63, 3.8) is 0 Å². The van der Waals surface area contributed by atoms with E-state index in [4.69, 9.17) is 0 Å². The van der Waals surface area contributed by atoms with Crippen LogP contribution in [0.5, 0.6) is 5.75 Å². The highest BCUT2D eigenvalue weighted by atomic mass is 19.2. The van der Waals surface area contributed by atoms with E-state index in [9.17, 15) is 23.8 Å². The first-order chi connectivity index (χ1) is 8.49. The van der Waals surface area contributed by atoms with Crippen LogP contribution in [0.4, 0.5) is 8.78 Å². The first-order valence-electron chi connectivity index (χ1n) is 5.90. The highest BCUT2D eigenvalue weighted by Gasteiger charge is 2.43. The molecule has 0 radical (unpaired) electrons. The molecule has 0 amide bonds. The molecule has 18 heavy (non-hydrogen) atoms. The van der Waals surface area contributed by atoms with Gasteiger partial charge in [-0.1, -0.05) is 25.3 Å². The molecule has 0 heterocycles. The highest BCUT2D eigenvalue weighted by Crippen LogP contribution is 2.44. The van der Waals surface area contributed by atoms with Crippen LogP contribution in [0, 0.1) is 11.6 Å². The van der Waals surface area contributed by atoms with E-state index in [0.29, 0.717) is 25.7 Å². The largest absolute Gasteiger partial charge is 0.505 e. The molecule has 1 saturated carbocycles. The summed E-state index contributed by atoms with van der Waals surface area (Å²) in [6.07, 6.45) is 2.98. The molecule has 2 rings (SSSR count). The number of carboxylic acids is 1. The zero-order chi connectivity index (χ0) is 13.3. The van der Waals surface area contributed by atoms with E-state index in [-0.39, 0.29) is 5.56 Å². The van der Waals surface area contributed by atoms with E-state index in [2.05, 4.69) is 0 Å². The number of benzene rings is 1. The molecule has 0 aromatic heterocycles. The van der Waals surface area contributed by atoms with Crippen molar-refractivity contribution < 1.29 is 23.8 Å². The molecule has 1 aromatic carbocycles. The van der Waals surface area contributed by atoms with Crippen molar-refractivity contribution in [3.05, 3.63) is 29.3 Å². The molecule has 0 atom stereocenters. The number of halogens is 2.